The zero-order chi connectivity index (χ0) is 15.7. The highest BCUT2D eigenvalue weighted by molar-refractivity contribution is 5.93. The zero-order valence-electron chi connectivity index (χ0n) is 13.4. The molecule has 0 radical (unpaired) electrons. The molecule has 0 bridgehead atoms. The van der Waals surface area contributed by atoms with E-state index in [0.717, 1.165) is 37.1 Å². The lowest BCUT2D eigenvalue weighted by Gasteiger charge is -2.15. The summed E-state index contributed by atoms with van der Waals surface area (Å²) in [6.07, 6.45) is 3.72. The highest BCUT2D eigenvalue weighted by atomic mass is 16.5. The summed E-state index contributed by atoms with van der Waals surface area (Å²) in [5.41, 5.74) is 6.47. The first-order valence-corrected chi connectivity index (χ1v) is 7.82. The van der Waals surface area contributed by atoms with Gasteiger partial charge in [-0.15, -0.1) is 0 Å². The number of nitrogens with two attached hydrogens (primary N) is 1. The summed E-state index contributed by atoms with van der Waals surface area (Å²) < 4.78 is 5.65. The van der Waals surface area contributed by atoms with Gasteiger partial charge in [-0.1, -0.05) is 32.4 Å². The van der Waals surface area contributed by atoms with Crippen LogP contribution >= 0.6 is 0 Å². The minimum atomic E-state index is -0.0250. The lowest BCUT2D eigenvalue weighted by molar-refractivity contribution is -0.119. The van der Waals surface area contributed by atoms with Crippen molar-refractivity contribution in [3.8, 4) is 5.75 Å². The molecular weight excluding hydrogens is 264 g/mol. The maximum absolute atomic E-state index is 12.2. The largest absolute Gasteiger partial charge is 0.491 e. The molecule has 0 aliphatic heterocycles. The quantitative estimate of drug-likeness (QED) is 0.731. The van der Waals surface area contributed by atoms with Gasteiger partial charge in [0.25, 0.3) is 0 Å². The number of carbonyl (C=O) groups excluding carboxylic acids is 1. The molecule has 0 aliphatic rings. The molecule has 0 fully saturated rings. The van der Waals surface area contributed by atoms with Crippen LogP contribution in [0.1, 0.15) is 46.5 Å². The van der Waals surface area contributed by atoms with Crippen LogP contribution in [0.3, 0.4) is 0 Å². The van der Waals surface area contributed by atoms with E-state index in [1.165, 1.54) is 0 Å². The number of rotatable bonds is 9. The number of hydrogen-bond donors (Lipinski definition) is 2. The number of benzene rings is 1. The van der Waals surface area contributed by atoms with Gasteiger partial charge in [0, 0.05) is 12.0 Å². The van der Waals surface area contributed by atoms with Crippen molar-refractivity contribution in [1.82, 2.24) is 0 Å². The molecule has 21 heavy (non-hydrogen) atoms. The van der Waals surface area contributed by atoms with Crippen LogP contribution in [-0.2, 0) is 4.79 Å². The molecule has 0 saturated carbocycles. The molecule has 0 spiro atoms. The van der Waals surface area contributed by atoms with Gasteiger partial charge >= 0.3 is 0 Å². The third kappa shape index (κ3) is 6.63. The monoisotopic (exact) mass is 292 g/mol. The summed E-state index contributed by atoms with van der Waals surface area (Å²) in [6, 6.07) is 7.76. The number of para-hydroxylation sites is 2. The first-order chi connectivity index (χ1) is 10.0. The molecule has 2 unspecified atom stereocenters. The van der Waals surface area contributed by atoms with Crippen molar-refractivity contribution < 1.29 is 9.53 Å². The van der Waals surface area contributed by atoms with E-state index in [1.54, 1.807) is 0 Å². The van der Waals surface area contributed by atoms with E-state index in [2.05, 4.69) is 12.2 Å². The smallest absolute Gasteiger partial charge is 0.227 e. The van der Waals surface area contributed by atoms with E-state index in [4.69, 9.17) is 10.5 Å². The van der Waals surface area contributed by atoms with Gasteiger partial charge < -0.3 is 15.8 Å². The Bertz CT molecular complexity index is 433. The Morgan fingerprint density at radius 3 is 2.67 bits per heavy atom. The molecule has 118 valence electrons. The molecule has 1 rings (SSSR count). The standard InChI is InChI=1S/C17H28N2O2/c1-4-12-21-16-11-6-5-10-15(16)19-17(20)13(2)8-7-9-14(3)18/h5-6,10-11,13-14H,4,7-9,12,18H2,1-3H3,(H,19,20). The van der Waals surface area contributed by atoms with Crippen molar-refractivity contribution in [2.75, 3.05) is 11.9 Å². The van der Waals surface area contributed by atoms with E-state index in [-0.39, 0.29) is 17.9 Å². The van der Waals surface area contributed by atoms with Gasteiger partial charge in [-0.25, -0.2) is 0 Å². The van der Waals surface area contributed by atoms with Crippen molar-refractivity contribution in [2.24, 2.45) is 11.7 Å². The lowest BCUT2D eigenvalue weighted by atomic mass is 10.0. The number of anilines is 1. The second-order valence-corrected chi connectivity index (χ2v) is 5.64. The molecular formula is C17H28N2O2. The lowest BCUT2D eigenvalue weighted by Crippen LogP contribution is -2.22. The number of ether oxygens (including phenoxy) is 1. The fraction of sp³-hybridized carbons (Fsp3) is 0.588. The van der Waals surface area contributed by atoms with Gasteiger partial charge in [0.05, 0.1) is 12.3 Å². The van der Waals surface area contributed by atoms with Crippen LogP contribution in [0.25, 0.3) is 0 Å². The van der Waals surface area contributed by atoms with Gasteiger partial charge in [0.15, 0.2) is 0 Å². The van der Waals surface area contributed by atoms with Crippen LogP contribution < -0.4 is 15.8 Å². The molecule has 1 aromatic rings. The third-order valence-corrected chi connectivity index (χ3v) is 3.35. The van der Waals surface area contributed by atoms with Crippen molar-refractivity contribution in [2.45, 2.75) is 52.5 Å². The maximum atomic E-state index is 12.2. The molecule has 0 aromatic heterocycles. The number of nitrogens with one attached hydrogen (secondary N) is 1. The summed E-state index contributed by atoms with van der Waals surface area (Å²) in [5.74, 6) is 0.741. The molecule has 1 aromatic carbocycles. The van der Waals surface area contributed by atoms with Crippen molar-refractivity contribution in [3.63, 3.8) is 0 Å². The van der Waals surface area contributed by atoms with Gasteiger partial charge in [-0.2, -0.15) is 0 Å². The molecule has 1 amide bonds. The second-order valence-electron chi connectivity index (χ2n) is 5.64. The minimum Gasteiger partial charge on any atom is -0.491 e. The summed E-state index contributed by atoms with van der Waals surface area (Å²) in [4.78, 5) is 12.2. The molecule has 4 nitrogen and oxygen atoms in total. The van der Waals surface area contributed by atoms with Crippen LogP contribution in [0, 0.1) is 5.92 Å². The molecule has 3 N–H and O–H groups in total. The zero-order valence-corrected chi connectivity index (χ0v) is 13.4. The van der Waals surface area contributed by atoms with Gasteiger partial charge in [-0.3, -0.25) is 4.79 Å². The summed E-state index contributed by atoms with van der Waals surface area (Å²) in [7, 11) is 0. The average molecular weight is 292 g/mol. The summed E-state index contributed by atoms with van der Waals surface area (Å²) in [5, 5.41) is 2.96. The van der Waals surface area contributed by atoms with E-state index in [1.807, 2.05) is 38.1 Å². The normalized spacial score (nSPS) is 13.5. The van der Waals surface area contributed by atoms with Crippen LogP contribution in [0.4, 0.5) is 5.69 Å². The Balaban J connectivity index is 2.53. The fourth-order valence-electron chi connectivity index (χ4n) is 2.04. The first-order valence-electron chi connectivity index (χ1n) is 7.82. The minimum absolute atomic E-state index is 0.0250. The average Bonchev–Trinajstić information content (AvgIpc) is 2.45. The SMILES string of the molecule is CCCOc1ccccc1NC(=O)C(C)CCCC(C)N. The molecule has 4 heteroatoms. The molecule has 0 saturated heterocycles. The number of amides is 1. The van der Waals surface area contributed by atoms with Crippen molar-refractivity contribution in [1.29, 1.82) is 0 Å². The molecule has 2 atom stereocenters. The third-order valence-electron chi connectivity index (χ3n) is 3.35. The van der Waals surface area contributed by atoms with E-state index in [9.17, 15) is 4.79 Å². The van der Waals surface area contributed by atoms with Crippen LogP contribution in [0.15, 0.2) is 24.3 Å². The Kier molecular flexibility index (Phi) is 7.83. The predicted molar refractivity (Wildman–Crippen MR) is 87.5 cm³/mol. The Hall–Kier alpha value is -1.55. The van der Waals surface area contributed by atoms with Crippen LogP contribution in [-0.4, -0.2) is 18.6 Å². The fourth-order valence-corrected chi connectivity index (χ4v) is 2.04. The Morgan fingerprint density at radius 2 is 2.00 bits per heavy atom. The Morgan fingerprint density at radius 1 is 1.29 bits per heavy atom. The number of hydrogen-bond acceptors (Lipinski definition) is 3. The van der Waals surface area contributed by atoms with Crippen LogP contribution in [0.2, 0.25) is 0 Å². The van der Waals surface area contributed by atoms with E-state index >= 15 is 0 Å². The second kappa shape index (κ2) is 9.40. The first kappa shape index (κ1) is 17.5. The van der Waals surface area contributed by atoms with Crippen molar-refractivity contribution in [3.05, 3.63) is 24.3 Å². The topological polar surface area (TPSA) is 64.3 Å². The Labute approximate surface area is 128 Å². The van der Waals surface area contributed by atoms with E-state index < -0.39 is 0 Å². The highest BCUT2D eigenvalue weighted by Gasteiger charge is 2.14. The highest BCUT2D eigenvalue weighted by Crippen LogP contribution is 2.25. The molecule has 0 aliphatic carbocycles. The van der Waals surface area contributed by atoms with Crippen molar-refractivity contribution >= 4 is 11.6 Å². The van der Waals surface area contributed by atoms with Gasteiger partial charge in [-0.05, 0) is 38.3 Å². The van der Waals surface area contributed by atoms with E-state index in [0.29, 0.717) is 6.61 Å². The summed E-state index contributed by atoms with van der Waals surface area (Å²) in [6.45, 7) is 6.65. The summed E-state index contributed by atoms with van der Waals surface area (Å²) >= 11 is 0. The predicted octanol–water partition coefficient (Wildman–Crippen LogP) is 3.57. The number of carbonyl (C=O) groups is 1. The maximum Gasteiger partial charge on any atom is 0.227 e. The van der Waals surface area contributed by atoms with Gasteiger partial charge in [0.2, 0.25) is 5.91 Å². The van der Waals surface area contributed by atoms with Gasteiger partial charge in [0.1, 0.15) is 5.75 Å². The van der Waals surface area contributed by atoms with Crippen LogP contribution in [0.5, 0.6) is 5.75 Å². The molecule has 0 heterocycles.